The largest absolute Gasteiger partial charge is 0.481 e. The molecular formula is C41H64O12. The first-order valence-electron chi connectivity index (χ1n) is 20.0. The zero-order valence-corrected chi connectivity index (χ0v) is 32.5. The van der Waals surface area contributed by atoms with E-state index in [0.29, 0.717) is 30.6 Å². The summed E-state index contributed by atoms with van der Waals surface area (Å²) in [5.74, 6) is 0.432. The normalized spacial score (nSPS) is 52.4. The third-order valence-electron chi connectivity index (χ3n) is 16.6. The van der Waals surface area contributed by atoms with E-state index in [1.807, 2.05) is 0 Å². The van der Waals surface area contributed by atoms with Crippen LogP contribution in [0.3, 0.4) is 0 Å². The van der Waals surface area contributed by atoms with Crippen molar-refractivity contribution in [3.8, 4) is 0 Å². The number of carboxylic acid groups (broad SMARTS) is 1. The molecule has 0 radical (unpaired) electrons. The molecule has 2 saturated heterocycles. The van der Waals surface area contributed by atoms with Crippen LogP contribution >= 0.6 is 0 Å². The molecule has 17 atom stereocenters. The van der Waals surface area contributed by atoms with Gasteiger partial charge in [-0.2, -0.15) is 0 Å². The van der Waals surface area contributed by atoms with Crippen LogP contribution in [-0.2, 0) is 23.7 Å². The summed E-state index contributed by atoms with van der Waals surface area (Å²) in [5, 5.41) is 73.2. The molecule has 5 aliphatic carbocycles. The van der Waals surface area contributed by atoms with Gasteiger partial charge in [0.05, 0.1) is 24.7 Å². The van der Waals surface area contributed by atoms with E-state index < -0.39 is 73.3 Å². The molecule has 0 unspecified atom stereocenters. The van der Waals surface area contributed by atoms with E-state index in [4.69, 9.17) is 18.9 Å². The van der Waals surface area contributed by atoms with Gasteiger partial charge in [0.2, 0.25) is 0 Å². The second-order valence-electron chi connectivity index (χ2n) is 19.2. The number of allylic oxidation sites excluding steroid dienone is 3. The molecule has 0 bridgehead atoms. The quantitative estimate of drug-likeness (QED) is 0.196. The highest BCUT2D eigenvalue weighted by molar-refractivity contribution is 5.82. The van der Waals surface area contributed by atoms with Crippen molar-refractivity contribution in [2.24, 2.45) is 44.8 Å². The van der Waals surface area contributed by atoms with Crippen LogP contribution in [-0.4, -0.2) is 116 Å². The first kappa shape index (κ1) is 39.8. The highest BCUT2D eigenvalue weighted by atomic mass is 16.7. The summed E-state index contributed by atoms with van der Waals surface area (Å²) in [6.45, 7) is 15.5. The summed E-state index contributed by atoms with van der Waals surface area (Å²) in [4.78, 5) is 13.0. The lowest BCUT2D eigenvalue weighted by Gasteiger charge is -2.70. The summed E-state index contributed by atoms with van der Waals surface area (Å²) >= 11 is 0. The molecule has 0 aromatic carbocycles. The van der Waals surface area contributed by atoms with E-state index in [2.05, 4.69) is 54.5 Å². The number of aliphatic carboxylic acids is 1. The average Bonchev–Trinajstić information content (AvgIpc) is 3.10. The Morgan fingerprint density at radius 1 is 0.830 bits per heavy atom. The maximum Gasteiger partial charge on any atom is 0.314 e. The number of ether oxygens (including phenoxy) is 4. The molecule has 12 heteroatoms. The van der Waals surface area contributed by atoms with Gasteiger partial charge < -0.3 is 54.7 Å². The van der Waals surface area contributed by atoms with E-state index in [1.54, 1.807) is 0 Å². The number of carbonyl (C=O) groups is 1. The highest BCUT2D eigenvalue weighted by Crippen LogP contribution is 2.75. The number of carboxylic acids is 1. The molecule has 7 rings (SSSR count). The summed E-state index contributed by atoms with van der Waals surface area (Å²) in [6, 6.07) is 0. The van der Waals surface area contributed by atoms with Crippen molar-refractivity contribution in [3.05, 3.63) is 22.8 Å². The molecule has 53 heavy (non-hydrogen) atoms. The third-order valence-corrected chi connectivity index (χ3v) is 16.6. The molecule has 7 N–H and O–H groups in total. The van der Waals surface area contributed by atoms with Crippen LogP contribution < -0.4 is 0 Å². The van der Waals surface area contributed by atoms with Gasteiger partial charge in [0.1, 0.15) is 42.7 Å². The lowest BCUT2D eigenvalue weighted by molar-refractivity contribution is -0.351. The predicted octanol–water partition coefficient (Wildman–Crippen LogP) is 3.44. The molecule has 0 amide bonds. The van der Waals surface area contributed by atoms with Crippen molar-refractivity contribution in [2.45, 2.75) is 168 Å². The molecule has 0 spiro atoms. The molecule has 0 aromatic rings. The Hall–Kier alpha value is -1.45. The van der Waals surface area contributed by atoms with Gasteiger partial charge in [0.15, 0.2) is 12.6 Å². The lowest BCUT2D eigenvalue weighted by atomic mass is 9.34. The van der Waals surface area contributed by atoms with Crippen molar-refractivity contribution in [3.63, 3.8) is 0 Å². The molecule has 12 nitrogen and oxygen atoms in total. The van der Waals surface area contributed by atoms with Gasteiger partial charge in [-0.3, -0.25) is 4.79 Å². The Labute approximate surface area is 313 Å². The van der Waals surface area contributed by atoms with Crippen molar-refractivity contribution in [1.82, 2.24) is 0 Å². The minimum absolute atomic E-state index is 0.00189. The highest BCUT2D eigenvalue weighted by Gasteiger charge is 2.68. The molecular weight excluding hydrogens is 684 g/mol. The van der Waals surface area contributed by atoms with Crippen LogP contribution in [0.5, 0.6) is 0 Å². The van der Waals surface area contributed by atoms with Gasteiger partial charge >= 0.3 is 5.97 Å². The first-order chi connectivity index (χ1) is 24.8. The minimum Gasteiger partial charge on any atom is -0.481 e. The van der Waals surface area contributed by atoms with Crippen molar-refractivity contribution >= 4 is 5.97 Å². The summed E-state index contributed by atoms with van der Waals surface area (Å²) in [6.07, 6.45) is -2.66. The van der Waals surface area contributed by atoms with Gasteiger partial charge in [-0.25, -0.2) is 0 Å². The fraction of sp³-hybridized carbons (Fsp3) is 0.878. The van der Waals surface area contributed by atoms with Crippen LogP contribution in [0.1, 0.15) is 106 Å². The number of aliphatic hydroxyl groups is 6. The average molecular weight is 749 g/mol. The van der Waals surface area contributed by atoms with E-state index in [-0.39, 0.29) is 34.4 Å². The van der Waals surface area contributed by atoms with Gasteiger partial charge in [-0.15, -0.1) is 0 Å². The Morgan fingerprint density at radius 3 is 2.21 bits per heavy atom. The maximum atomic E-state index is 13.0. The van der Waals surface area contributed by atoms with Gasteiger partial charge in [-0.1, -0.05) is 53.2 Å². The zero-order chi connectivity index (χ0) is 38.6. The third kappa shape index (κ3) is 5.70. The van der Waals surface area contributed by atoms with Crippen LogP contribution in [0.25, 0.3) is 0 Å². The number of hydrogen-bond donors (Lipinski definition) is 7. The number of hydrogen-bond acceptors (Lipinski definition) is 11. The van der Waals surface area contributed by atoms with Crippen LogP contribution in [0.4, 0.5) is 0 Å². The Kier molecular flexibility index (Phi) is 10.2. The van der Waals surface area contributed by atoms with Crippen molar-refractivity contribution < 1.29 is 59.5 Å². The van der Waals surface area contributed by atoms with Gasteiger partial charge in [0, 0.05) is 0 Å². The summed E-state index contributed by atoms with van der Waals surface area (Å²) < 4.78 is 23.7. The Morgan fingerprint density at radius 2 is 1.53 bits per heavy atom. The molecule has 0 aromatic heterocycles. The molecule has 3 saturated carbocycles. The summed E-state index contributed by atoms with van der Waals surface area (Å²) in [5.41, 5.74) is 2.50. The smallest absolute Gasteiger partial charge is 0.314 e. The second kappa shape index (κ2) is 13.6. The SMILES string of the molecule is CC1=C2C3=CC[C@@H]4[C@@]5(C)CC[C@H](O[C@H]6OC[C@H](O[C@@H]7O[C@H](CO)[C@@H](O)[C@H](O)[C@H]7O)[C@H](O)[C@H]6O)C(C)(C)[C@@H]5CC[C@@]4(C)[C@]3(C)CC[C@@]2(C(=O)O)CC[C@H]1C. The monoisotopic (exact) mass is 748 g/mol. The molecule has 300 valence electrons. The fourth-order valence-electron chi connectivity index (χ4n) is 13.0. The number of rotatable bonds is 6. The van der Waals surface area contributed by atoms with Gasteiger partial charge in [0.25, 0.3) is 0 Å². The Balaban J connectivity index is 1.07. The zero-order valence-electron chi connectivity index (χ0n) is 32.5. The topological polar surface area (TPSA) is 196 Å². The summed E-state index contributed by atoms with van der Waals surface area (Å²) in [7, 11) is 0. The second-order valence-corrected chi connectivity index (χ2v) is 19.2. The predicted molar refractivity (Wildman–Crippen MR) is 192 cm³/mol. The van der Waals surface area contributed by atoms with Crippen molar-refractivity contribution in [1.29, 1.82) is 0 Å². The van der Waals surface area contributed by atoms with E-state index in [1.165, 1.54) is 11.1 Å². The number of fused-ring (bicyclic) bond motifs is 7. The Bertz CT molecular complexity index is 1490. The van der Waals surface area contributed by atoms with Gasteiger partial charge in [-0.05, 0) is 115 Å². The fourth-order valence-corrected chi connectivity index (χ4v) is 13.0. The van der Waals surface area contributed by atoms with E-state index in [0.717, 1.165) is 50.5 Å². The lowest BCUT2D eigenvalue weighted by Crippen LogP contribution is -2.65. The molecule has 5 fully saturated rings. The minimum atomic E-state index is -1.65. The molecule has 7 aliphatic rings. The molecule has 2 aliphatic heterocycles. The van der Waals surface area contributed by atoms with Crippen LogP contribution in [0, 0.1) is 44.8 Å². The first-order valence-corrected chi connectivity index (χ1v) is 20.0. The van der Waals surface area contributed by atoms with E-state index in [9.17, 15) is 40.5 Å². The molecule has 2 heterocycles. The standard InChI is InChI=1S/C41H64O12/c1-20-10-15-41(36(48)49)17-16-39(6)22(28(41)21(20)2)8-9-26-38(5)13-12-27(37(3,4)25(38)11-14-40(26,39)7)53-34-32(46)30(44)24(19-50-34)52-35-33(47)31(45)29(43)23(18-42)51-35/h8,20,23-27,29-35,42-47H,9-19H2,1-7H3,(H,48,49)/t20-,23-,24+,25+,26-,27+,29-,30+,31+,32-,33-,34-,35+,38+,39-,40-,41+/m1/s1. The maximum absolute atomic E-state index is 13.0. The van der Waals surface area contributed by atoms with E-state index >= 15 is 0 Å². The number of aliphatic hydroxyl groups excluding tert-OH is 6. The van der Waals surface area contributed by atoms with Crippen LogP contribution in [0.2, 0.25) is 0 Å². The van der Waals surface area contributed by atoms with Crippen LogP contribution in [0.15, 0.2) is 22.8 Å². The van der Waals surface area contributed by atoms with Crippen molar-refractivity contribution in [2.75, 3.05) is 13.2 Å².